The molecule has 33 heavy (non-hydrogen) atoms. The van der Waals surface area contributed by atoms with Crippen molar-refractivity contribution < 1.29 is 14.3 Å². The zero-order valence-electron chi connectivity index (χ0n) is 19.3. The first kappa shape index (κ1) is 22.8. The summed E-state index contributed by atoms with van der Waals surface area (Å²) in [7, 11) is 1.60. The van der Waals surface area contributed by atoms with Crippen LogP contribution in [-0.4, -0.2) is 61.6 Å². The first-order valence-electron chi connectivity index (χ1n) is 11.6. The number of ether oxygens (including phenoxy) is 1. The van der Waals surface area contributed by atoms with Crippen molar-refractivity contribution in [2.75, 3.05) is 55.0 Å². The summed E-state index contributed by atoms with van der Waals surface area (Å²) in [5, 5.41) is 6.14. The summed E-state index contributed by atoms with van der Waals surface area (Å²) in [6.45, 7) is 5.34. The topological polar surface area (TPSA) is 99.7 Å². The number of amides is 2. The van der Waals surface area contributed by atoms with E-state index in [1.165, 1.54) is 19.3 Å². The lowest BCUT2D eigenvalue weighted by atomic mass is 10.1. The zero-order valence-corrected chi connectivity index (χ0v) is 19.3. The number of methoxy groups -OCH3 is 1. The Morgan fingerprint density at radius 2 is 1.88 bits per heavy atom. The number of aryl methyl sites for hydroxylation is 1. The number of nitrogens with one attached hydrogen (secondary N) is 2. The van der Waals surface area contributed by atoms with Gasteiger partial charge in [0.05, 0.1) is 13.0 Å². The highest BCUT2D eigenvalue weighted by Gasteiger charge is 2.34. The number of hydrogen-bond donors (Lipinski definition) is 2. The van der Waals surface area contributed by atoms with E-state index >= 15 is 0 Å². The minimum atomic E-state index is -0.361. The molecular formula is C24H32N6O3. The van der Waals surface area contributed by atoms with Crippen molar-refractivity contribution in [3.8, 4) is 5.75 Å². The maximum atomic E-state index is 12.6. The molecule has 1 aromatic heterocycles. The highest BCUT2D eigenvalue weighted by Crippen LogP contribution is 2.27. The number of benzene rings is 1. The molecule has 0 saturated carbocycles. The molecule has 2 amide bonds. The normalized spacial score (nSPS) is 18.4. The van der Waals surface area contributed by atoms with E-state index in [9.17, 15) is 9.59 Å². The van der Waals surface area contributed by atoms with Gasteiger partial charge in [0.1, 0.15) is 11.6 Å². The van der Waals surface area contributed by atoms with Gasteiger partial charge in [-0.25, -0.2) is 4.98 Å². The molecule has 2 fully saturated rings. The average molecular weight is 453 g/mol. The molecule has 2 N–H and O–H groups in total. The standard InChI is InChI=1S/C24H32N6O3/c1-17-14-21(29-12-4-3-5-13-29)28-24(27-17)26-11-10-25-23(32)18-15-22(31)30(16-18)19-6-8-20(33-2)9-7-19/h6-9,14,18H,3-5,10-13,15-16H2,1-2H3,(H,25,32)(H,26,27,28). The molecule has 1 unspecified atom stereocenters. The summed E-state index contributed by atoms with van der Waals surface area (Å²) < 4.78 is 5.16. The molecule has 176 valence electrons. The van der Waals surface area contributed by atoms with Crippen molar-refractivity contribution in [3.63, 3.8) is 0 Å². The first-order chi connectivity index (χ1) is 16.0. The third-order valence-electron chi connectivity index (χ3n) is 6.11. The van der Waals surface area contributed by atoms with Crippen molar-refractivity contribution >= 4 is 29.3 Å². The first-order valence-corrected chi connectivity index (χ1v) is 11.6. The van der Waals surface area contributed by atoms with Crippen molar-refractivity contribution in [3.05, 3.63) is 36.0 Å². The molecule has 0 aliphatic carbocycles. The van der Waals surface area contributed by atoms with Crippen LogP contribution in [-0.2, 0) is 9.59 Å². The third kappa shape index (κ3) is 5.71. The molecule has 9 heteroatoms. The molecule has 2 aliphatic heterocycles. The monoisotopic (exact) mass is 452 g/mol. The van der Waals surface area contributed by atoms with E-state index in [4.69, 9.17) is 4.74 Å². The number of carbonyl (C=O) groups is 2. The summed E-state index contributed by atoms with van der Waals surface area (Å²) >= 11 is 0. The molecule has 4 rings (SSSR count). The molecule has 3 heterocycles. The van der Waals surface area contributed by atoms with Gasteiger partial charge in [0.2, 0.25) is 17.8 Å². The molecule has 2 aliphatic rings. The van der Waals surface area contributed by atoms with Crippen LogP contribution >= 0.6 is 0 Å². The van der Waals surface area contributed by atoms with E-state index in [-0.39, 0.29) is 24.2 Å². The predicted molar refractivity (Wildman–Crippen MR) is 128 cm³/mol. The van der Waals surface area contributed by atoms with Crippen molar-refractivity contribution in [2.24, 2.45) is 5.92 Å². The lowest BCUT2D eigenvalue weighted by Gasteiger charge is -2.28. The SMILES string of the molecule is COc1ccc(N2CC(C(=O)NCCNc3nc(C)cc(N4CCCCC4)n3)CC2=O)cc1. The Hall–Kier alpha value is -3.36. The molecule has 0 radical (unpaired) electrons. The number of nitrogens with zero attached hydrogens (tertiary/aromatic N) is 4. The maximum absolute atomic E-state index is 12.6. The van der Waals surface area contributed by atoms with E-state index in [0.29, 0.717) is 25.6 Å². The molecule has 2 aromatic rings. The molecule has 9 nitrogen and oxygen atoms in total. The molecular weight excluding hydrogens is 420 g/mol. The van der Waals surface area contributed by atoms with E-state index in [1.54, 1.807) is 12.0 Å². The van der Waals surface area contributed by atoms with Crippen molar-refractivity contribution in [1.29, 1.82) is 0 Å². The van der Waals surface area contributed by atoms with Crippen molar-refractivity contribution in [1.82, 2.24) is 15.3 Å². The fraction of sp³-hybridized carbons (Fsp3) is 0.500. The highest BCUT2D eigenvalue weighted by atomic mass is 16.5. The molecule has 1 atom stereocenters. The van der Waals surface area contributed by atoms with Crippen LogP contribution in [0, 0.1) is 12.8 Å². The average Bonchev–Trinajstić information content (AvgIpc) is 3.23. The Bertz CT molecular complexity index is 975. The van der Waals surface area contributed by atoms with E-state index in [0.717, 1.165) is 36.0 Å². The van der Waals surface area contributed by atoms with Gasteiger partial charge < -0.3 is 25.2 Å². The van der Waals surface area contributed by atoms with E-state index < -0.39 is 0 Å². The van der Waals surface area contributed by atoms with Gasteiger partial charge in [-0.2, -0.15) is 4.98 Å². The lowest BCUT2D eigenvalue weighted by Crippen LogP contribution is -2.35. The second-order valence-electron chi connectivity index (χ2n) is 8.56. The second-order valence-corrected chi connectivity index (χ2v) is 8.56. The summed E-state index contributed by atoms with van der Waals surface area (Å²) in [4.78, 5) is 38.1. The van der Waals surface area contributed by atoms with Gasteiger partial charge in [-0.3, -0.25) is 9.59 Å². The molecule has 1 aromatic carbocycles. The number of carbonyl (C=O) groups excluding carboxylic acids is 2. The summed E-state index contributed by atoms with van der Waals surface area (Å²) in [5.41, 5.74) is 1.69. The van der Waals surface area contributed by atoms with Crippen LogP contribution in [0.15, 0.2) is 30.3 Å². The Morgan fingerprint density at radius 3 is 2.61 bits per heavy atom. The second kappa shape index (κ2) is 10.5. The number of anilines is 3. The van der Waals surface area contributed by atoms with Crippen LogP contribution in [0.25, 0.3) is 0 Å². The van der Waals surface area contributed by atoms with Crippen LogP contribution in [0.2, 0.25) is 0 Å². The number of piperidine rings is 1. The van der Waals surface area contributed by atoms with Gasteiger partial charge in [-0.15, -0.1) is 0 Å². The van der Waals surface area contributed by atoms with E-state index in [2.05, 4.69) is 25.5 Å². The highest BCUT2D eigenvalue weighted by molar-refractivity contribution is 6.00. The minimum Gasteiger partial charge on any atom is -0.497 e. The quantitative estimate of drug-likeness (QED) is 0.593. The summed E-state index contributed by atoms with van der Waals surface area (Å²) in [5.74, 6) is 1.74. The van der Waals surface area contributed by atoms with Gasteiger partial charge >= 0.3 is 0 Å². The molecule has 2 saturated heterocycles. The van der Waals surface area contributed by atoms with Crippen LogP contribution in [0.5, 0.6) is 5.75 Å². The molecule has 0 bridgehead atoms. The van der Waals surface area contributed by atoms with Gasteiger partial charge in [-0.05, 0) is 50.5 Å². The minimum absolute atomic E-state index is 0.0446. The largest absolute Gasteiger partial charge is 0.497 e. The third-order valence-corrected chi connectivity index (χ3v) is 6.11. The van der Waals surface area contributed by atoms with E-state index in [1.807, 2.05) is 37.3 Å². The number of aromatic nitrogens is 2. The zero-order chi connectivity index (χ0) is 23.2. The van der Waals surface area contributed by atoms with Gasteiger partial charge in [0.25, 0.3) is 0 Å². The van der Waals surface area contributed by atoms with Crippen LogP contribution in [0.1, 0.15) is 31.4 Å². The Labute approximate surface area is 194 Å². The summed E-state index contributed by atoms with van der Waals surface area (Å²) in [6, 6.07) is 9.31. The van der Waals surface area contributed by atoms with Crippen LogP contribution < -0.4 is 25.2 Å². The smallest absolute Gasteiger partial charge is 0.227 e. The fourth-order valence-electron chi connectivity index (χ4n) is 4.32. The number of hydrogen-bond acceptors (Lipinski definition) is 7. The summed E-state index contributed by atoms with van der Waals surface area (Å²) in [6.07, 6.45) is 3.87. The van der Waals surface area contributed by atoms with Gasteiger partial charge in [0, 0.05) is 56.6 Å². The maximum Gasteiger partial charge on any atom is 0.227 e. The number of rotatable bonds is 8. The van der Waals surface area contributed by atoms with Gasteiger partial charge in [-0.1, -0.05) is 0 Å². The Morgan fingerprint density at radius 1 is 1.12 bits per heavy atom. The van der Waals surface area contributed by atoms with Crippen LogP contribution in [0.4, 0.5) is 17.5 Å². The predicted octanol–water partition coefficient (Wildman–Crippen LogP) is 2.37. The Kier molecular flexibility index (Phi) is 7.26. The van der Waals surface area contributed by atoms with Crippen molar-refractivity contribution in [2.45, 2.75) is 32.6 Å². The van der Waals surface area contributed by atoms with Crippen LogP contribution in [0.3, 0.4) is 0 Å². The van der Waals surface area contributed by atoms with Gasteiger partial charge in [0.15, 0.2) is 0 Å². The fourth-order valence-corrected chi connectivity index (χ4v) is 4.32. The Balaban J connectivity index is 1.25. The molecule has 0 spiro atoms. The lowest BCUT2D eigenvalue weighted by molar-refractivity contribution is -0.126.